The van der Waals surface area contributed by atoms with Crippen molar-refractivity contribution in [3.63, 3.8) is 0 Å². The van der Waals surface area contributed by atoms with Crippen molar-refractivity contribution in [3.05, 3.63) is 59.9 Å². The summed E-state index contributed by atoms with van der Waals surface area (Å²) < 4.78 is 10.2. The average molecular weight is 268 g/mol. The minimum Gasteiger partial charge on any atom is -0.498 e. The lowest BCUT2D eigenvalue weighted by Crippen LogP contribution is -2.10. The molecule has 3 nitrogen and oxygen atoms in total. The summed E-state index contributed by atoms with van der Waals surface area (Å²) in [5.74, 6) is -0.298. The zero-order valence-corrected chi connectivity index (χ0v) is 11.2. The van der Waals surface area contributed by atoms with Crippen molar-refractivity contribution in [3.8, 4) is 0 Å². The maximum Gasteiger partial charge on any atom is 0.338 e. The second kappa shape index (κ2) is 5.37. The molecule has 0 atom stereocenters. The molecule has 0 radical (unpaired) electrons. The third kappa shape index (κ3) is 2.16. The van der Waals surface area contributed by atoms with Gasteiger partial charge in [0.05, 0.1) is 11.8 Å². The Morgan fingerprint density at radius 1 is 1.15 bits per heavy atom. The van der Waals surface area contributed by atoms with Crippen LogP contribution in [0.3, 0.4) is 0 Å². The minimum absolute atomic E-state index is 0.230. The molecule has 0 heterocycles. The summed E-state index contributed by atoms with van der Waals surface area (Å²) in [5, 5.41) is 2.22. The van der Waals surface area contributed by atoms with Crippen molar-refractivity contribution in [2.75, 3.05) is 13.2 Å². The van der Waals surface area contributed by atoms with Crippen LogP contribution in [0.25, 0.3) is 10.8 Å². The molecule has 0 aromatic heterocycles. The van der Waals surface area contributed by atoms with Crippen molar-refractivity contribution >= 4 is 16.7 Å². The Bertz CT molecular complexity index is 663. The number of esters is 1. The predicted molar refractivity (Wildman–Crippen MR) is 77.8 cm³/mol. The van der Waals surface area contributed by atoms with Crippen molar-refractivity contribution in [2.24, 2.45) is 0 Å². The van der Waals surface area contributed by atoms with E-state index in [1.807, 2.05) is 24.3 Å². The average Bonchev–Trinajstić information content (AvgIpc) is 2.89. The lowest BCUT2D eigenvalue weighted by molar-refractivity contribution is 0.0423. The molecule has 0 aliphatic heterocycles. The van der Waals surface area contributed by atoms with Gasteiger partial charge in [0.1, 0.15) is 13.2 Å². The molecule has 0 spiro atoms. The van der Waals surface area contributed by atoms with Gasteiger partial charge in [-0.15, -0.1) is 0 Å². The molecule has 0 unspecified atom stereocenters. The van der Waals surface area contributed by atoms with E-state index in [1.165, 1.54) is 22.8 Å². The van der Waals surface area contributed by atoms with E-state index in [9.17, 15) is 4.79 Å². The van der Waals surface area contributed by atoms with Crippen LogP contribution < -0.4 is 0 Å². The first-order valence-corrected chi connectivity index (χ1v) is 6.74. The van der Waals surface area contributed by atoms with Gasteiger partial charge in [-0.2, -0.15) is 0 Å². The first-order valence-electron chi connectivity index (χ1n) is 6.74. The molecule has 3 rings (SSSR count). The quantitative estimate of drug-likeness (QED) is 0.474. The maximum atomic E-state index is 12.2. The molecule has 1 aliphatic rings. The summed E-state index contributed by atoms with van der Waals surface area (Å²) in [5.41, 5.74) is 3.27. The Kier molecular flexibility index (Phi) is 3.42. The smallest absolute Gasteiger partial charge is 0.338 e. The summed E-state index contributed by atoms with van der Waals surface area (Å²) in [6, 6.07) is 10.0. The first-order chi connectivity index (χ1) is 9.81. The fraction of sp³-hybridized carbons (Fsp3) is 0.235. The topological polar surface area (TPSA) is 35.5 Å². The number of rotatable bonds is 5. The lowest BCUT2D eigenvalue weighted by Gasteiger charge is -2.09. The number of carbonyl (C=O) groups is 1. The molecule has 20 heavy (non-hydrogen) atoms. The standard InChI is InChI=1S/C17H16O3/c1-2-19-10-11-20-17(18)15-9-8-13-7-6-12-4-3-5-14(15)16(12)13/h2-5,8-9H,1,6-7,10-11H2. The number of carbonyl (C=O) groups excluding carboxylic acids is 1. The van der Waals surface area contributed by atoms with Gasteiger partial charge in [-0.05, 0) is 40.8 Å². The molecule has 0 fully saturated rings. The molecular weight excluding hydrogens is 252 g/mol. The normalized spacial score (nSPS) is 12.4. The van der Waals surface area contributed by atoms with Crippen LogP contribution in [0.4, 0.5) is 0 Å². The van der Waals surface area contributed by atoms with Crippen LogP contribution >= 0.6 is 0 Å². The van der Waals surface area contributed by atoms with Gasteiger partial charge >= 0.3 is 5.97 Å². The summed E-state index contributed by atoms with van der Waals surface area (Å²) in [6.07, 6.45) is 3.45. The Hall–Kier alpha value is -2.29. The fourth-order valence-electron chi connectivity index (χ4n) is 2.77. The molecule has 0 saturated carbocycles. The molecule has 2 aromatic rings. The molecule has 102 valence electrons. The van der Waals surface area contributed by atoms with E-state index in [-0.39, 0.29) is 12.6 Å². The van der Waals surface area contributed by atoms with Gasteiger partial charge in [0.15, 0.2) is 0 Å². The third-order valence-electron chi connectivity index (χ3n) is 3.65. The van der Waals surface area contributed by atoms with E-state index >= 15 is 0 Å². The summed E-state index contributed by atoms with van der Waals surface area (Å²) in [7, 11) is 0. The molecule has 0 amide bonds. The van der Waals surface area contributed by atoms with E-state index in [4.69, 9.17) is 9.47 Å². The van der Waals surface area contributed by atoms with Gasteiger partial charge in [-0.25, -0.2) is 4.79 Å². The minimum atomic E-state index is -0.298. The Labute approximate surface area is 117 Å². The highest BCUT2D eigenvalue weighted by atomic mass is 16.6. The summed E-state index contributed by atoms with van der Waals surface area (Å²) in [6.45, 7) is 4.00. The van der Waals surface area contributed by atoms with Crippen LogP contribution in [0.15, 0.2) is 43.2 Å². The second-order valence-corrected chi connectivity index (χ2v) is 4.79. The number of aryl methyl sites for hydroxylation is 2. The van der Waals surface area contributed by atoms with Crippen molar-refractivity contribution in [2.45, 2.75) is 12.8 Å². The second-order valence-electron chi connectivity index (χ2n) is 4.79. The maximum absolute atomic E-state index is 12.2. The van der Waals surface area contributed by atoms with Crippen molar-refractivity contribution < 1.29 is 14.3 Å². The SMILES string of the molecule is C=COCCOC(=O)c1ccc2c3c(cccc13)CC2. The van der Waals surface area contributed by atoms with Crippen molar-refractivity contribution in [1.82, 2.24) is 0 Å². The van der Waals surface area contributed by atoms with Crippen LogP contribution in [0.2, 0.25) is 0 Å². The van der Waals surface area contributed by atoms with Crippen LogP contribution in [0.5, 0.6) is 0 Å². The van der Waals surface area contributed by atoms with Gasteiger partial charge in [-0.3, -0.25) is 0 Å². The largest absolute Gasteiger partial charge is 0.498 e. The highest BCUT2D eigenvalue weighted by Crippen LogP contribution is 2.32. The fourth-order valence-corrected chi connectivity index (χ4v) is 2.77. The van der Waals surface area contributed by atoms with Crippen LogP contribution in [0.1, 0.15) is 21.5 Å². The highest BCUT2D eigenvalue weighted by Gasteiger charge is 2.19. The molecule has 1 aliphatic carbocycles. The van der Waals surface area contributed by atoms with Crippen LogP contribution in [-0.4, -0.2) is 19.2 Å². The lowest BCUT2D eigenvalue weighted by atomic mass is 10.00. The molecule has 0 bridgehead atoms. The molecule has 0 N–H and O–H groups in total. The summed E-state index contributed by atoms with van der Waals surface area (Å²) in [4.78, 5) is 12.2. The first kappa shape index (κ1) is 12.7. The van der Waals surface area contributed by atoms with E-state index < -0.39 is 0 Å². The molecule has 2 aromatic carbocycles. The van der Waals surface area contributed by atoms with Gasteiger partial charge in [0.25, 0.3) is 0 Å². The van der Waals surface area contributed by atoms with Gasteiger partial charge in [0, 0.05) is 0 Å². The van der Waals surface area contributed by atoms with Crippen LogP contribution in [-0.2, 0) is 22.3 Å². The van der Waals surface area contributed by atoms with E-state index in [2.05, 4.69) is 12.6 Å². The predicted octanol–water partition coefficient (Wildman–Crippen LogP) is 3.26. The number of hydrogen-bond acceptors (Lipinski definition) is 3. The molecule has 0 saturated heterocycles. The monoisotopic (exact) mass is 268 g/mol. The van der Waals surface area contributed by atoms with E-state index in [0.29, 0.717) is 12.2 Å². The number of ether oxygens (including phenoxy) is 2. The van der Waals surface area contributed by atoms with E-state index in [0.717, 1.165) is 18.2 Å². The number of benzene rings is 2. The highest BCUT2D eigenvalue weighted by molar-refractivity contribution is 6.07. The zero-order chi connectivity index (χ0) is 13.9. The van der Waals surface area contributed by atoms with Crippen LogP contribution in [0, 0.1) is 0 Å². The molecular formula is C17H16O3. The van der Waals surface area contributed by atoms with Gasteiger partial charge in [-0.1, -0.05) is 30.8 Å². The van der Waals surface area contributed by atoms with E-state index in [1.54, 1.807) is 0 Å². The Morgan fingerprint density at radius 2 is 1.95 bits per heavy atom. The third-order valence-corrected chi connectivity index (χ3v) is 3.65. The number of hydrogen-bond donors (Lipinski definition) is 0. The van der Waals surface area contributed by atoms with Gasteiger partial charge in [0.2, 0.25) is 0 Å². The van der Waals surface area contributed by atoms with Crippen molar-refractivity contribution in [1.29, 1.82) is 0 Å². The Morgan fingerprint density at radius 3 is 2.75 bits per heavy atom. The zero-order valence-electron chi connectivity index (χ0n) is 11.2. The molecule has 3 heteroatoms. The van der Waals surface area contributed by atoms with Gasteiger partial charge < -0.3 is 9.47 Å². The Balaban J connectivity index is 1.89. The summed E-state index contributed by atoms with van der Waals surface area (Å²) >= 11 is 0.